The average Bonchev–Trinajstić information content (AvgIpc) is 3.69. The van der Waals surface area contributed by atoms with Crippen molar-refractivity contribution in [1.29, 1.82) is 0 Å². The van der Waals surface area contributed by atoms with Crippen LogP contribution < -0.4 is 31.9 Å². The van der Waals surface area contributed by atoms with E-state index in [0.717, 1.165) is 66.6 Å². The highest BCUT2D eigenvalue weighted by Crippen LogP contribution is 2.37. The van der Waals surface area contributed by atoms with E-state index in [1.807, 2.05) is 17.9 Å². The molecule has 3 aromatic heterocycles. The zero-order valence-corrected chi connectivity index (χ0v) is 33.2. The minimum Gasteiger partial charge on any atom is -0.355 e. The normalized spacial score (nSPS) is 20.9. The van der Waals surface area contributed by atoms with Crippen LogP contribution in [0.25, 0.3) is 11.3 Å². The summed E-state index contributed by atoms with van der Waals surface area (Å²) in [4.78, 5) is 73.3. The zero-order valence-electron chi connectivity index (χ0n) is 31.6. The number of hydrogen-bond acceptors (Lipinski definition) is 12. The predicted octanol–water partition coefficient (Wildman–Crippen LogP) is 2.42. The summed E-state index contributed by atoms with van der Waals surface area (Å²) in [6.45, 7) is 2.21. The Morgan fingerprint density at radius 3 is 2.50 bits per heavy atom. The Hall–Kier alpha value is -4.45. The van der Waals surface area contributed by atoms with Crippen LogP contribution in [0.2, 0.25) is 5.02 Å². The van der Waals surface area contributed by atoms with E-state index in [4.69, 9.17) is 16.6 Å². The molecule has 5 heterocycles. The first kappa shape index (κ1) is 39.8. The molecule has 1 saturated heterocycles. The van der Waals surface area contributed by atoms with Gasteiger partial charge in [-0.1, -0.05) is 11.6 Å². The lowest BCUT2D eigenvalue weighted by Crippen LogP contribution is -2.52. The molecular weight excluding hydrogens is 758 g/mol. The van der Waals surface area contributed by atoms with Crippen molar-refractivity contribution < 1.29 is 24.0 Å². The van der Waals surface area contributed by atoms with Crippen LogP contribution in [-0.2, 0) is 45.7 Å². The first-order chi connectivity index (χ1) is 27.1. The van der Waals surface area contributed by atoms with Crippen LogP contribution in [0.5, 0.6) is 0 Å². The van der Waals surface area contributed by atoms with Crippen molar-refractivity contribution in [3.63, 3.8) is 0 Å². The number of fused-ring (bicyclic) bond motifs is 1. The van der Waals surface area contributed by atoms with Crippen LogP contribution in [0.1, 0.15) is 90.7 Å². The number of hydrogen-bond donors (Lipinski definition) is 6. The van der Waals surface area contributed by atoms with Gasteiger partial charge in [-0.2, -0.15) is 5.10 Å². The summed E-state index contributed by atoms with van der Waals surface area (Å²) >= 11 is 7.97. The fourth-order valence-electron chi connectivity index (χ4n) is 7.65. The van der Waals surface area contributed by atoms with Gasteiger partial charge in [0.1, 0.15) is 6.04 Å². The molecule has 0 bridgehead atoms. The number of nitrogens with zero attached hydrogens (tertiary/aromatic N) is 5. The molecule has 1 atom stereocenters. The Morgan fingerprint density at radius 2 is 1.71 bits per heavy atom. The lowest BCUT2D eigenvalue weighted by Gasteiger charge is -2.29. The van der Waals surface area contributed by atoms with Crippen molar-refractivity contribution in [2.75, 3.05) is 31.5 Å². The zero-order chi connectivity index (χ0) is 39.2. The maximum absolute atomic E-state index is 12.9. The summed E-state index contributed by atoms with van der Waals surface area (Å²) in [7, 11) is 1.97. The molecule has 300 valence electrons. The molecule has 4 aliphatic rings. The maximum Gasteiger partial charge on any atom is 0.256 e. The van der Waals surface area contributed by atoms with Gasteiger partial charge in [0.2, 0.25) is 29.6 Å². The average molecular weight is 808 g/mol. The van der Waals surface area contributed by atoms with Crippen LogP contribution in [0.15, 0.2) is 17.8 Å². The van der Waals surface area contributed by atoms with Crippen LogP contribution in [-0.4, -0.2) is 98.5 Å². The van der Waals surface area contributed by atoms with Gasteiger partial charge in [0.15, 0.2) is 0 Å². The summed E-state index contributed by atoms with van der Waals surface area (Å²) in [5.41, 5.74) is 4.23. The number of rotatable bonds is 18. The van der Waals surface area contributed by atoms with Gasteiger partial charge >= 0.3 is 0 Å². The molecule has 16 nitrogen and oxygen atoms in total. The van der Waals surface area contributed by atoms with E-state index < -0.39 is 11.9 Å². The summed E-state index contributed by atoms with van der Waals surface area (Å²) in [6, 6.07) is -0.152. The Kier molecular flexibility index (Phi) is 12.9. The van der Waals surface area contributed by atoms with E-state index in [2.05, 4.69) is 42.0 Å². The summed E-state index contributed by atoms with van der Waals surface area (Å²) in [5.74, 6) is 0.115. The van der Waals surface area contributed by atoms with Crippen LogP contribution in [0.3, 0.4) is 0 Å². The molecule has 7 rings (SSSR count). The number of anilines is 1. The molecule has 3 aromatic rings. The highest BCUT2D eigenvalue weighted by Gasteiger charge is 2.40. The largest absolute Gasteiger partial charge is 0.355 e. The van der Waals surface area contributed by atoms with E-state index in [0.29, 0.717) is 54.2 Å². The number of carbonyl (C=O) groups is 5. The molecular formula is C38H50ClN11O5S. The molecule has 2 aliphatic heterocycles. The summed E-state index contributed by atoms with van der Waals surface area (Å²) in [6.07, 6.45) is 12.9. The number of aromatic nitrogens is 4. The molecule has 3 fully saturated rings. The molecule has 5 amide bonds. The minimum atomic E-state index is -0.662. The third-order valence-corrected chi connectivity index (χ3v) is 12.4. The fourth-order valence-corrected chi connectivity index (χ4v) is 8.81. The Morgan fingerprint density at radius 1 is 0.946 bits per heavy atom. The summed E-state index contributed by atoms with van der Waals surface area (Å²) in [5, 5.41) is 25.0. The molecule has 0 spiro atoms. The third-order valence-electron chi connectivity index (χ3n) is 11.1. The monoisotopic (exact) mass is 807 g/mol. The van der Waals surface area contributed by atoms with E-state index in [-0.39, 0.29) is 61.8 Å². The first-order valence-corrected chi connectivity index (χ1v) is 20.9. The van der Waals surface area contributed by atoms with E-state index in [1.165, 1.54) is 29.1 Å². The smallest absolute Gasteiger partial charge is 0.256 e. The number of amides is 5. The molecule has 6 N–H and O–H groups in total. The van der Waals surface area contributed by atoms with Crippen molar-refractivity contribution in [2.45, 2.75) is 102 Å². The van der Waals surface area contributed by atoms with Gasteiger partial charge < -0.3 is 31.5 Å². The van der Waals surface area contributed by atoms with Gasteiger partial charge in [-0.25, -0.2) is 9.97 Å². The van der Waals surface area contributed by atoms with E-state index in [1.54, 1.807) is 11.6 Å². The van der Waals surface area contributed by atoms with Crippen LogP contribution >= 0.6 is 22.9 Å². The van der Waals surface area contributed by atoms with Gasteiger partial charge in [0.25, 0.3) is 5.91 Å². The Balaban J connectivity index is 0.723. The van der Waals surface area contributed by atoms with Crippen molar-refractivity contribution in [2.24, 2.45) is 13.0 Å². The van der Waals surface area contributed by atoms with Crippen LogP contribution in [0.4, 0.5) is 5.95 Å². The second-order valence-electron chi connectivity index (χ2n) is 15.2. The number of imide groups is 1. The van der Waals surface area contributed by atoms with Crippen molar-refractivity contribution in [3.8, 4) is 11.3 Å². The van der Waals surface area contributed by atoms with Crippen LogP contribution in [0, 0.1) is 5.92 Å². The quantitative estimate of drug-likeness (QED) is 0.0814. The number of thiophene rings is 1. The van der Waals surface area contributed by atoms with Crippen molar-refractivity contribution >= 4 is 58.4 Å². The van der Waals surface area contributed by atoms with Gasteiger partial charge in [0.05, 0.1) is 48.3 Å². The highest BCUT2D eigenvalue weighted by atomic mass is 35.5. The molecule has 56 heavy (non-hydrogen) atoms. The van der Waals surface area contributed by atoms with Crippen molar-refractivity contribution in [1.82, 2.24) is 51.2 Å². The van der Waals surface area contributed by atoms with E-state index in [9.17, 15) is 24.0 Å². The Labute approximate surface area is 334 Å². The predicted molar refractivity (Wildman–Crippen MR) is 211 cm³/mol. The third kappa shape index (κ3) is 9.91. The Bertz CT molecular complexity index is 1940. The SMILES string of the molecule is Cn1ncc(-c2nc(N[C@H]3CC[C@H](NCC(=O)NCCCCNCC(=O)NCc4scc5c4CN(C4CCC(=O)NC4=O)C5=O)CC3)ncc2Cl)c1CC1CC1. The van der Waals surface area contributed by atoms with Gasteiger partial charge in [-0.15, -0.1) is 11.3 Å². The molecule has 2 saturated carbocycles. The van der Waals surface area contributed by atoms with Crippen molar-refractivity contribution in [3.05, 3.63) is 44.5 Å². The fraction of sp³-hybridized carbons (Fsp3) is 0.579. The second kappa shape index (κ2) is 18.2. The standard InChI is InChI=1S/C38H50ClN11O5S/c1-49-30(14-22-4-5-22)25(15-45-49)35-28(39)16-44-38(48-35)46-24-8-6-23(7-9-24)42-19-34(53)41-13-3-2-12-40-18-33(52)43-17-31-26-20-50(37(55)27(26)21-56-31)29-10-11-32(51)47-36(29)54/h15-16,21-24,29,40,42H,2-14,17-20H2,1H3,(H,41,53)(H,43,52)(H,44,46,48)(H,47,51,54)/t23-,24-,29?. The minimum absolute atomic E-state index is 0.0295. The lowest BCUT2D eigenvalue weighted by molar-refractivity contribution is -0.137. The van der Waals surface area contributed by atoms with Gasteiger partial charge in [-0.05, 0) is 82.2 Å². The summed E-state index contributed by atoms with van der Waals surface area (Å²) < 4.78 is 1.92. The number of halogens is 1. The van der Waals surface area contributed by atoms with Gasteiger partial charge in [0, 0.05) is 60.2 Å². The van der Waals surface area contributed by atoms with E-state index >= 15 is 0 Å². The lowest BCUT2D eigenvalue weighted by atomic mass is 9.91. The molecule has 2 aliphatic carbocycles. The number of nitrogens with one attached hydrogen (secondary N) is 6. The maximum atomic E-state index is 12.9. The molecule has 1 unspecified atom stereocenters. The number of aryl methyl sites for hydroxylation is 1. The second-order valence-corrected chi connectivity index (χ2v) is 16.6. The first-order valence-electron chi connectivity index (χ1n) is 19.6. The van der Waals surface area contributed by atoms with Gasteiger partial charge in [-0.3, -0.25) is 34.0 Å². The highest BCUT2D eigenvalue weighted by molar-refractivity contribution is 7.10. The topological polar surface area (TPSA) is 204 Å². The molecule has 0 radical (unpaired) electrons. The molecule has 18 heteroatoms. The number of piperidine rings is 1. The number of carbonyl (C=O) groups excluding carboxylic acids is 5. The molecule has 0 aromatic carbocycles. The number of unbranched alkanes of at least 4 members (excludes halogenated alkanes) is 1.